The standard InChI is InChI=1S/C8H10ClNO/c9-7-3-1-6(2-4-7)8(11)5-10/h1-4,8,11H,5,10H2/p+1/t8-/m1/s1. The van der Waals surface area contributed by atoms with Gasteiger partial charge in [-0.25, -0.2) is 0 Å². The number of quaternary nitrogens is 1. The van der Waals surface area contributed by atoms with E-state index in [1.54, 1.807) is 24.3 Å². The Morgan fingerprint density at radius 2 is 1.91 bits per heavy atom. The van der Waals surface area contributed by atoms with Crippen LogP contribution in [0.5, 0.6) is 0 Å². The van der Waals surface area contributed by atoms with Crippen molar-refractivity contribution in [1.82, 2.24) is 0 Å². The van der Waals surface area contributed by atoms with Crippen molar-refractivity contribution in [3.8, 4) is 0 Å². The zero-order chi connectivity index (χ0) is 8.27. The fraction of sp³-hybridized carbons (Fsp3) is 0.250. The van der Waals surface area contributed by atoms with Crippen LogP contribution in [0.4, 0.5) is 0 Å². The molecule has 11 heavy (non-hydrogen) atoms. The molecule has 0 saturated heterocycles. The van der Waals surface area contributed by atoms with E-state index in [1.165, 1.54) is 0 Å². The van der Waals surface area contributed by atoms with Gasteiger partial charge in [-0.1, -0.05) is 23.7 Å². The molecule has 1 atom stereocenters. The Kier molecular flexibility index (Phi) is 2.88. The van der Waals surface area contributed by atoms with E-state index in [1.807, 2.05) is 0 Å². The molecule has 0 bridgehead atoms. The van der Waals surface area contributed by atoms with Crippen molar-refractivity contribution < 1.29 is 10.8 Å². The first kappa shape index (κ1) is 8.53. The molecule has 0 amide bonds. The first-order valence-corrected chi connectivity index (χ1v) is 3.84. The Balaban J connectivity index is 2.81. The molecule has 0 radical (unpaired) electrons. The molecule has 3 heteroatoms. The summed E-state index contributed by atoms with van der Waals surface area (Å²) in [5.41, 5.74) is 4.47. The van der Waals surface area contributed by atoms with Crippen LogP contribution < -0.4 is 5.73 Å². The van der Waals surface area contributed by atoms with Crippen LogP contribution in [-0.4, -0.2) is 11.7 Å². The number of benzene rings is 1. The lowest BCUT2D eigenvalue weighted by Crippen LogP contribution is -2.52. The molecule has 0 fully saturated rings. The maximum absolute atomic E-state index is 9.31. The van der Waals surface area contributed by atoms with Crippen LogP contribution in [0.1, 0.15) is 11.7 Å². The SMILES string of the molecule is [NH3+]C[C@@H](O)c1ccc(Cl)cc1. The second-order valence-corrected chi connectivity index (χ2v) is 2.79. The molecule has 0 aliphatic carbocycles. The summed E-state index contributed by atoms with van der Waals surface area (Å²) in [6.45, 7) is 0.488. The summed E-state index contributed by atoms with van der Waals surface area (Å²) in [5.74, 6) is 0. The number of hydrogen-bond donors (Lipinski definition) is 2. The summed E-state index contributed by atoms with van der Waals surface area (Å²) in [6.07, 6.45) is -0.465. The second-order valence-electron chi connectivity index (χ2n) is 2.36. The smallest absolute Gasteiger partial charge is 0.128 e. The first-order valence-electron chi connectivity index (χ1n) is 3.47. The minimum absolute atomic E-state index is 0.465. The zero-order valence-corrected chi connectivity index (χ0v) is 6.88. The van der Waals surface area contributed by atoms with E-state index >= 15 is 0 Å². The molecule has 1 rings (SSSR count). The average Bonchev–Trinajstić information content (AvgIpc) is 2.05. The third kappa shape index (κ3) is 2.19. The van der Waals surface area contributed by atoms with Crippen molar-refractivity contribution >= 4 is 11.6 Å². The molecule has 4 N–H and O–H groups in total. The monoisotopic (exact) mass is 172 g/mol. The van der Waals surface area contributed by atoms with Gasteiger partial charge in [0.25, 0.3) is 0 Å². The summed E-state index contributed by atoms with van der Waals surface area (Å²) in [4.78, 5) is 0. The van der Waals surface area contributed by atoms with Gasteiger partial charge in [0, 0.05) is 5.02 Å². The van der Waals surface area contributed by atoms with Crippen LogP contribution in [-0.2, 0) is 0 Å². The van der Waals surface area contributed by atoms with Crippen LogP contribution in [0.2, 0.25) is 5.02 Å². The topological polar surface area (TPSA) is 47.9 Å². The number of aliphatic hydroxyl groups is 1. The van der Waals surface area contributed by atoms with E-state index in [0.717, 1.165) is 5.56 Å². The molecule has 1 aromatic rings. The Labute approximate surface area is 70.6 Å². The van der Waals surface area contributed by atoms with Crippen LogP contribution in [0.3, 0.4) is 0 Å². The quantitative estimate of drug-likeness (QED) is 0.675. The summed E-state index contributed by atoms with van der Waals surface area (Å²) in [7, 11) is 0. The lowest BCUT2D eigenvalue weighted by atomic mass is 10.1. The van der Waals surface area contributed by atoms with Gasteiger partial charge in [0.2, 0.25) is 0 Å². The fourth-order valence-electron chi connectivity index (χ4n) is 0.852. The third-order valence-electron chi connectivity index (χ3n) is 1.53. The van der Waals surface area contributed by atoms with Gasteiger partial charge in [0.1, 0.15) is 12.6 Å². The van der Waals surface area contributed by atoms with Crippen molar-refractivity contribution in [2.75, 3.05) is 6.54 Å². The molecular formula is C8H11ClNO+. The zero-order valence-electron chi connectivity index (χ0n) is 6.13. The van der Waals surface area contributed by atoms with Crippen molar-refractivity contribution in [1.29, 1.82) is 0 Å². The van der Waals surface area contributed by atoms with Crippen LogP contribution in [0.25, 0.3) is 0 Å². The van der Waals surface area contributed by atoms with E-state index in [0.29, 0.717) is 11.6 Å². The molecule has 0 unspecified atom stereocenters. The highest BCUT2D eigenvalue weighted by molar-refractivity contribution is 6.30. The van der Waals surface area contributed by atoms with Crippen molar-refractivity contribution in [3.05, 3.63) is 34.9 Å². The van der Waals surface area contributed by atoms with E-state index in [9.17, 15) is 5.11 Å². The maximum Gasteiger partial charge on any atom is 0.128 e. The summed E-state index contributed by atoms with van der Waals surface area (Å²) in [5, 5.41) is 10.00. The van der Waals surface area contributed by atoms with Gasteiger partial charge in [0.15, 0.2) is 0 Å². The first-order chi connectivity index (χ1) is 5.24. The second kappa shape index (κ2) is 3.72. The van der Waals surface area contributed by atoms with Gasteiger partial charge in [-0.2, -0.15) is 0 Å². The molecule has 0 aliphatic heterocycles. The van der Waals surface area contributed by atoms with E-state index in [4.69, 9.17) is 11.6 Å². The number of aliphatic hydroxyl groups excluding tert-OH is 1. The predicted molar refractivity (Wildman–Crippen MR) is 44.2 cm³/mol. The lowest BCUT2D eigenvalue weighted by molar-refractivity contribution is -0.385. The van der Waals surface area contributed by atoms with Crippen LogP contribution in [0.15, 0.2) is 24.3 Å². The molecule has 0 aromatic heterocycles. The van der Waals surface area contributed by atoms with Crippen molar-refractivity contribution in [2.45, 2.75) is 6.10 Å². The molecule has 1 aromatic carbocycles. The highest BCUT2D eigenvalue weighted by Crippen LogP contribution is 2.14. The fourth-order valence-corrected chi connectivity index (χ4v) is 0.978. The van der Waals surface area contributed by atoms with Gasteiger partial charge in [0.05, 0.1) is 0 Å². The van der Waals surface area contributed by atoms with E-state index < -0.39 is 6.10 Å². The summed E-state index contributed by atoms with van der Waals surface area (Å²) in [6, 6.07) is 7.13. The Bertz CT molecular complexity index is 222. The highest BCUT2D eigenvalue weighted by atomic mass is 35.5. The molecular weight excluding hydrogens is 162 g/mol. The van der Waals surface area contributed by atoms with E-state index in [2.05, 4.69) is 5.73 Å². The third-order valence-corrected chi connectivity index (χ3v) is 1.78. The molecule has 0 spiro atoms. The highest BCUT2D eigenvalue weighted by Gasteiger charge is 2.05. The Hall–Kier alpha value is -0.570. The van der Waals surface area contributed by atoms with Gasteiger partial charge >= 0.3 is 0 Å². The van der Waals surface area contributed by atoms with E-state index in [-0.39, 0.29) is 0 Å². The molecule has 60 valence electrons. The summed E-state index contributed by atoms with van der Waals surface area (Å²) >= 11 is 5.66. The van der Waals surface area contributed by atoms with Crippen LogP contribution in [0, 0.1) is 0 Å². The number of halogens is 1. The van der Waals surface area contributed by atoms with Gasteiger partial charge in [-0.15, -0.1) is 0 Å². The van der Waals surface area contributed by atoms with Crippen molar-refractivity contribution in [3.63, 3.8) is 0 Å². The molecule has 0 aliphatic rings. The normalized spacial score (nSPS) is 13.0. The number of rotatable bonds is 2. The molecule has 0 heterocycles. The minimum atomic E-state index is -0.465. The largest absolute Gasteiger partial charge is 0.382 e. The van der Waals surface area contributed by atoms with Crippen molar-refractivity contribution in [2.24, 2.45) is 0 Å². The van der Waals surface area contributed by atoms with Crippen LogP contribution >= 0.6 is 11.6 Å². The lowest BCUT2D eigenvalue weighted by Gasteiger charge is -2.04. The van der Waals surface area contributed by atoms with Gasteiger partial charge in [-0.05, 0) is 17.7 Å². The average molecular weight is 173 g/mol. The Morgan fingerprint density at radius 1 is 1.36 bits per heavy atom. The predicted octanol–water partition coefficient (Wildman–Crippen LogP) is 0.615. The minimum Gasteiger partial charge on any atom is -0.382 e. The summed E-state index contributed by atoms with van der Waals surface area (Å²) < 4.78 is 0. The number of hydrogen-bond acceptors (Lipinski definition) is 1. The van der Waals surface area contributed by atoms with Gasteiger partial charge < -0.3 is 10.8 Å². The molecule has 2 nitrogen and oxygen atoms in total. The maximum atomic E-state index is 9.31. The molecule has 0 saturated carbocycles. The van der Waals surface area contributed by atoms with Gasteiger partial charge in [-0.3, -0.25) is 0 Å². The Morgan fingerprint density at radius 3 is 2.36 bits per heavy atom.